The molecule has 5 nitrogen and oxygen atoms in total. The molecule has 2 heterocycles. The van der Waals surface area contributed by atoms with E-state index in [4.69, 9.17) is 21.1 Å². The zero-order valence-corrected chi connectivity index (χ0v) is 18.7. The largest absolute Gasteiger partial charge is 0.489 e. The summed E-state index contributed by atoms with van der Waals surface area (Å²) in [7, 11) is 1.76. The molecule has 2 aromatic rings. The lowest BCUT2D eigenvalue weighted by molar-refractivity contribution is 0.297. The zero-order chi connectivity index (χ0) is 17.6. The van der Waals surface area contributed by atoms with Crippen molar-refractivity contribution in [2.24, 2.45) is 4.99 Å². The molecule has 8 heteroatoms. The van der Waals surface area contributed by atoms with E-state index in [-0.39, 0.29) is 24.0 Å². The smallest absolute Gasteiger partial charge is 0.191 e. The number of rotatable bonds is 4. The van der Waals surface area contributed by atoms with Crippen LogP contribution in [0.1, 0.15) is 21.7 Å². The van der Waals surface area contributed by atoms with Gasteiger partial charge in [-0.05, 0) is 36.8 Å². The highest BCUT2D eigenvalue weighted by molar-refractivity contribution is 14.0. The summed E-state index contributed by atoms with van der Waals surface area (Å²) in [5, 5.41) is 7.19. The van der Waals surface area contributed by atoms with Crippen LogP contribution in [-0.4, -0.2) is 26.2 Å². The van der Waals surface area contributed by atoms with Crippen molar-refractivity contribution in [1.29, 1.82) is 0 Å². The molecule has 0 unspecified atom stereocenters. The van der Waals surface area contributed by atoms with Gasteiger partial charge in [0.25, 0.3) is 0 Å². The van der Waals surface area contributed by atoms with Crippen molar-refractivity contribution in [2.45, 2.75) is 26.4 Å². The summed E-state index contributed by atoms with van der Waals surface area (Å²) in [6.45, 7) is 4.72. The molecule has 0 saturated carbocycles. The number of fused-ring (bicyclic) bond motifs is 1. The zero-order valence-electron chi connectivity index (χ0n) is 14.8. The van der Waals surface area contributed by atoms with E-state index in [9.17, 15) is 0 Å². The Balaban J connectivity index is 0.00000243. The van der Waals surface area contributed by atoms with E-state index in [0.717, 1.165) is 24.5 Å². The molecule has 0 radical (unpaired) electrons. The number of halogens is 2. The fourth-order valence-electron chi connectivity index (χ4n) is 2.54. The maximum Gasteiger partial charge on any atom is 0.191 e. The van der Waals surface area contributed by atoms with E-state index in [2.05, 4.69) is 34.7 Å². The average molecular weight is 508 g/mol. The summed E-state index contributed by atoms with van der Waals surface area (Å²) >= 11 is 8.12. The lowest BCUT2D eigenvalue weighted by Gasteiger charge is -2.14. The van der Waals surface area contributed by atoms with E-state index < -0.39 is 0 Å². The summed E-state index contributed by atoms with van der Waals surface area (Å²) in [6.07, 6.45) is 0.858. The molecule has 3 rings (SSSR count). The van der Waals surface area contributed by atoms with Gasteiger partial charge in [0, 0.05) is 29.8 Å². The summed E-state index contributed by atoms with van der Waals surface area (Å²) in [4.78, 5) is 6.84. The number of guanidine groups is 1. The number of benzene rings is 1. The Hall–Kier alpha value is -1.19. The topological polar surface area (TPSA) is 54.9 Å². The molecule has 142 valence electrons. The number of aryl methyl sites for hydroxylation is 1. The third-order valence-electron chi connectivity index (χ3n) is 3.77. The normalized spacial score (nSPS) is 13.6. The van der Waals surface area contributed by atoms with Crippen LogP contribution in [0.2, 0.25) is 5.02 Å². The predicted molar refractivity (Wildman–Crippen MR) is 119 cm³/mol. The maximum atomic E-state index is 6.34. The molecular weight excluding hydrogens is 485 g/mol. The summed E-state index contributed by atoms with van der Waals surface area (Å²) < 4.78 is 11.4. The summed E-state index contributed by atoms with van der Waals surface area (Å²) in [5.41, 5.74) is 1.02. The maximum absolute atomic E-state index is 6.34. The molecule has 2 N–H and O–H groups in total. The first-order valence-corrected chi connectivity index (χ1v) is 9.43. The highest BCUT2D eigenvalue weighted by atomic mass is 127. The first kappa shape index (κ1) is 21.1. The van der Waals surface area contributed by atoms with Crippen molar-refractivity contribution in [1.82, 2.24) is 10.6 Å². The first-order valence-electron chi connectivity index (χ1n) is 8.23. The fraction of sp³-hybridized carbons (Fsp3) is 0.389. The van der Waals surface area contributed by atoms with Crippen LogP contribution in [0.25, 0.3) is 0 Å². The van der Waals surface area contributed by atoms with Crippen LogP contribution >= 0.6 is 46.9 Å². The molecule has 0 spiro atoms. The number of nitrogens with zero attached hydrogens (tertiary/aromatic N) is 1. The molecule has 1 aliphatic rings. The Kier molecular flexibility index (Phi) is 8.30. The van der Waals surface area contributed by atoms with Crippen molar-refractivity contribution < 1.29 is 9.47 Å². The van der Waals surface area contributed by atoms with Crippen LogP contribution in [0.3, 0.4) is 0 Å². The van der Waals surface area contributed by atoms with Gasteiger partial charge in [0.1, 0.15) is 0 Å². The number of thiophene rings is 1. The van der Waals surface area contributed by atoms with Gasteiger partial charge in [-0.1, -0.05) is 11.6 Å². The molecule has 1 aromatic heterocycles. The van der Waals surface area contributed by atoms with Gasteiger partial charge < -0.3 is 20.1 Å². The van der Waals surface area contributed by atoms with Gasteiger partial charge in [0.2, 0.25) is 0 Å². The van der Waals surface area contributed by atoms with Crippen molar-refractivity contribution in [2.75, 3.05) is 20.3 Å². The Morgan fingerprint density at radius 2 is 1.96 bits per heavy atom. The van der Waals surface area contributed by atoms with Gasteiger partial charge in [-0.25, -0.2) is 0 Å². The van der Waals surface area contributed by atoms with Crippen molar-refractivity contribution >= 4 is 52.9 Å². The molecule has 0 amide bonds. The van der Waals surface area contributed by atoms with Crippen LogP contribution in [0.15, 0.2) is 29.3 Å². The number of hydrogen-bond donors (Lipinski definition) is 2. The molecule has 0 bridgehead atoms. The second-order valence-electron chi connectivity index (χ2n) is 5.75. The average Bonchev–Trinajstić information content (AvgIpc) is 2.87. The quantitative estimate of drug-likeness (QED) is 0.367. The summed E-state index contributed by atoms with van der Waals surface area (Å²) in [5.74, 6) is 2.09. The Bertz CT molecular complexity index is 767. The van der Waals surface area contributed by atoms with E-state index in [0.29, 0.717) is 36.3 Å². The van der Waals surface area contributed by atoms with Gasteiger partial charge in [0.05, 0.1) is 24.8 Å². The lowest BCUT2D eigenvalue weighted by atomic mass is 10.2. The minimum atomic E-state index is 0. The van der Waals surface area contributed by atoms with Crippen LogP contribution in [0.5, 0.6) is 11.5 Å². The molecule has 1 aliphatic heterocycles. The fourth-order valence-corrected chi connectivity index (χ4v) is 3.66. The van der Waals surface area contributed by atoms with Crippen LogP contribution < -0.4 is 20.1 Å². The Morgan fingerprint density at radius 1 is 1.19 bits per heavy atom. The SMILES string of the molecule is CN=C(NCc1cc(Cl)c2c(c1)OCCCO2)NCc1ccc(C)s1.I. The van der Waals surface area contributed by atoms with Gasteiger partial charge in [0.15, 0.2) is 17.5 Å². The minimum absolute atomic E-state index is 0. The van der Waals surface area contributed by atoms with Crippen molar-refractivity contribution in [3.63, 3.8) is 0 Å². The van der Waals surface area contributed by atoms with Gasteiger partial charge in [-0.15, -0.1) is 35.3 Å². The van der Waals surface area contributed by atoms with Gasteiger partial charge in [-0.2, -0.15) is 0 Å². The number of nitrogens with one attached hydrogen (secondary N) is 2. The third kappa shape index (κ3) is 5.65. The first-order chi connectivity index (χ1) is 12.2. The third-order valence-corrected chi connectivity index (χ3v) is 5.05. The van der Waals surface area contributed by atoms with Crippen molar-refractivity contribution in [3.05, 3.63) is 44.6 Å². The highest BCUT2D eigenvalue weighted by Crippen LogP contribution is 2.37. The monoisotopic (exact) mass is 507 g/mol. The molecular formula is C18H23ClIN3O2S. The second kappa shape index (κ2) is 10.2. The number of hydrogen-bond acceptors (Lipinski definition) is 4. The lowest BCUT2D eigenvalue weighted by Crippen LogP contribution is -2.36. The number of ether oxygens (including phenoxy) is 2. The standard InChI is InChI=1S/C18H22ClN3O2S.HI/c1-12-4-5-14(25-12)11-22-18(20-2)21-10-13-8-15(19)17-16(9-13)23-6-3-7-24-17;/h4-5,8-9H,3,6-7,10-11H2,1-2H3,(H2,20,21,22);1H. The van der Waals surface area contributed by atoms with Gasteiger partial charge >= 0.3 is 0 Å². The highest BCUT2D eigenvalue weighted by Gasteiger charge is 2.15. The molecule has 0 saturated heterocycles. The van der Waals surface area contributed by atoms with Crippen molar-refractivity contribution in [3.8, 4) is 11.5 Å². The van der Waals surface area contributed by atoms with Crippen LogP contribution in [0.4, 0.5) is 0 Å². The predicted octanol–water partition coefficient (Wildman–Crippen LogP) is 4.35. The van der Waals surface area contributed by atoms with E-state index >= 15 is 0 Å². The van der Waals surface area contributed by atoms with Gasteiger partial charge in [-0.3, -0.25) is 4.99 Å². The van der Waals surface area contributed by atoms with Crippen LogP contribution in [-0.2, 0) is 13.1 Å². The van der Waals surface area contributed by atoms with E-state index in [1.54, 1.807) is 18.4 Å². The summed E-state index contributed by atoms with van der Waals surface area (Å²) in [6, 6.07) is 8.12. The molecule has 26 heavy (non-hydrogen) atoms. The Morgan fingerprint density at radius 3 is 2.69 bits per heavy atom. The number of aliphatic imine (C=N–C) groups is 1. The van der Waals surface area contributed by atoms with E-state index in [1.165, 1.54) is 9.75 Å². The molecule has 0 fully saturated rings. The molecule has 0 atom stereocenters. The van der Waals surface area contributed by atoms with E-state index in [1.807, 2.05) is 12.1 Å². The Labute approximate surface area is 180 Å². The van der Waals surface area contributed by atoms with Crippen LogP contribution in [0, 0.1) is 6.92 Å². The molecule has 0 aliphatic carbocycles. The minimum Gasteiger partial charge on any atom is -0.489 e. The molecule has 1 aromatic carbocycles. The second-order valence-corrected chi connectivity index (χ2v) is 7.53.